The van der Waals surface area contributed by atoms with Crippen LogP contribution in [0.15, 0.2) is 48.5 Å². The maximum absolute atomic E-state index is 5.94. The highest BCUT2D eigenvalue weighted by molar-refractivity contribution is 6.46. The van der Waals surface area contributed by atoms with Crippen molar-refractivity contribution in [3.8, 4) is 11.5 Å². The topological polar surface area (TPSA) is 18.5 Å². The molecule has 0 amide bonds. The van der Waals surface area contributed by atoms with Gasteiger partial charge >= 0.3 is 4.71 Å². The number of rotatable bonds is 4. The van der Waals surface area contributed by atoms with Crippen LogP contribution in [0.2, 0.25) is 10.0 Å². The first-order chi connectivity index (χ1) is 8.94. The minimum Gasteiger partial charge on any atom is -0.427 e. The van der Waals surface area contributed by atoms with Crippen molar-refractivity contribution in [2.24, 2.45) is 0 Å². The van der Waals surface area contributed by atoms with Gasteiger partial charge in [0.1, 0.15) is 11.5 Å². The molecule has 0 saturated heterocycles. The number of alkyl halides is 2. The van der Waals surface area contributed by atoms with E-state index < -0.39 is 4.71 Å². The molecule has 0 aliphatic heterocycles. The van der Waals surface area contributed by atoms with Crippen molar-refractivity contribution in [3.63, 3.8) is 0 Å². The Bertz CT molecular complexity index is 488. The zero-order valence-electron chi connectivity index (χ0n) is 9.45. The molecule has 0 radical (unpaired) electrons. The number of benzene rings is 2. The standard InChI is InChI=1S/C13H8Cl4O2/c14-9-1-5-11(6-2-9)18-13(16,17)19-12-7-3-10(15)4-8-12/h1-8H. The van der Waals surface area contributed by atoms with E-state index in [4.69, 9.17) is 55.9 Å². The Morgan fingerprint density at radius 2 is 0.947 bits per heavy atom. The van der Waals surface area contributed by atoms with Crippen LogP contribution in [0.25, 0.3) is 0 Å². The largest absolute Gasteiger partial charge is 0.427 e. The summed E-state index contributed by atoms with van der Waals surface area (Å²) in [5.74, 6) is 0.867. The molecule has 0 atom stereocenters. The van der Waals surface area contributed by atoms with E-state index in [1.807, 2.05) is 0 Å². The summed E-state index contributed by atoms with van der Waals surface area (Å²) in [6.07, 6.45) is 0. The molecule has 0 spiro atoms. The second-order valence-electron chi connectivity index (χ2n) is 3.58. The van der Waals surface area contributed by atoms with Crippen LogP contribution < -0.4 is 9.47 Å². The smallest absolute Gasteiger partial charge is 0.419 e. The normalized spacial score (nSPS) is 11.2. The fourth-order valence-electron chi connectivity index (χ4n) is 1.30. The van der Waals surface area contributed by atoms with Gasteiger partial charge in [-0.15, -0.1) is 0 Å². The van der Waals surface area contributed by atoms with Gasteiger partial charge in [0.2, 0.25) is 0 Å². The van der Waals surface area contributed by atoms with Gasteiger partial charge in [0.25, 0.3) is 0 Å². The monoisotopic (exact) mass is 336 g/mol. The molecule has 19 heavy (non-hydrogen) atoms. The van der Waals surface area contributed by atoms with Crippen LogP contribution in [0, 0.1) is 0 Å². The summed E-state index contributed by atoms with van der Waals surface area (Å²) >= 11 is 23.4. The van der Waals surface area contributed by atoms with Crippen molar-refractivity contribution in [2.45, 2.75) is 4.71 Å². The van der Waals surface area contributed by atoms with Crippen LogP contribution in [0.4, 0.5) is 0 Å². The van der Waals surface area contributed by atoms with Gasteiger partial charge in [-0.2, -0.15) is 0 Å². The second kappa shape index (κ2) is 6.10. The Labute approximate surface area is 130 Å². The van der Waals surface area contributed by atoms with Gasteiger partial charge < -0.3 is 9.47 Å². The Morgan fingerprint density at radius 1 is 0.632 bits per heavy atom. The summed E-state index contributed by atoms with van der Waals surface area (Å²) in [7, 11) is 0. The van der Waals surface area contributed by atoms with Crippen LogP contribution in [0.1, 0.15) is 0 Å². The van der Waals surface area contributed by atoms with Gasteiger partial charge in [-0.1, -0.05) is 23.2 Å². The van der Waals surface area contributed by atoms with E-state index in [9.17, 15) is 0 Å². The molecule has 0 fully saturated rings. The summed E-state index contributed by atoms with van der Waals surface area (Å²) < 4.78 is 8.77. The third-order valence-corrected chi connectivity index (χ3v) is 2.91. The summed E-state index contributed by atoms with van der Waals surface area (Å²) in [5.41, 5.74) is 0. The van der Waals surface area contributed by atoms with Crippen LogP contribution in [-0.4, -0.2) is 4.71 Å². The summed E-state index contributed by atoms with van der Waals surface area (Å²) in [4.78, 5) is 0. The van der Waals surface area contributed by atoms with Crippen molar-refractivity contribution in [3.05, 3.63) is 58.6 Å². The van der Waals surface area contributed by atoms with E-state index >= 15 is 0 Å². The molecule has 0 saturated carbocycles. The number of halogens is 4. The maximum Gasteiger partial charge on any atom is 0.419 e. The Balaban J connectivity index is 2.05. The first-order valence-corrected chi connectivity index (χ1v) is 6.73. The quantitative estimate of drug-likeness (QED) is 0.538. The molecule has 0 aromatic heterocycles. The van der Waals surface area contributed by atoms with Crippen LogP contribution in [-0.2, 0) is 0 Å². The first kappa shape index (κ1) is 14.6. The highest BCUT2D eigenvalue weighted by atomic mass is 35.5. The van der Waals surface area contributed by atoms with Crippen LogP contribution >= 0.6 is 46.4 Å². The Morgan fingerprint density at radius 3 is 1.26 bits per heavy atom. The van der Waals surface area contributed by atoms with E-state index in [2.05, 4.69) is 0 Å². The van der Waals surface area contributed by atoms with E-state index in [-0.39, 0.29) is 0 Å². The molecule has 100 valence electrons. The second-order valence-corrected chi connectivity index (χ2v) is 5.64. The number of ether oxygens (including phenoxy) is 2. The van der Waals surface area contributed by atoms with E-state index in [1.165, 1.54) is 0 Å². The summed E-state index contributed by atoms with van der Waals surface area (Å²) in [5, 5.41) is 1.17. The Hall–Kier alpha value is -0.800. The molecular weight excluding hydrogens is 330 g/mol. The SMILES string of the molecule is Clc1ccc(OC(Cl)(Cl)Oc2ccc(Cl)cc2)cc1. The van der Waals surface area contributed by atoms with Gasteiger partial charge in [-0.3, -0.25) is 0 Å². The lowest BCUT2D eigenvalue weighted by molar-refractivity contribution is 0.0371. The lowest BCUT2D eigenvalue weighted by atomic mass is 10.3. The predicted molar refractivity (Wildman–Crippen MR) is 78.6 cm³/mol. The van der Waals surface area contributed by atoms with E-state index in [0.29, 0.717) is 21.5 Å². The van der Waals surface area contributed by atoms with E-state index in [1.54, 1.807) is 48.5 Å². The zero-order chi connectivity index (χ0) is 13.9. The predicted octanol–water partition coefficient (Wildman–Crippen LogP) is 5.54. The van der Waals surface area contributed by atoms with Crippen LogP contribution in [0.5, 0.6) is 11.5 Å². The van der Waals surface area contributed by atoms with Crippen molar-refractivity contribution in [2.75, 3.05) is 0 Å². The molecule has 0 unspecified atom stereocenters. The van der Waals surface area contributed by atoms with Gasteiger partial charge in [-0.25, -0.2) is 0 Å². The lowest BCUT2D eigenvalue weighted by Gasteiger charge is -2.22. The van der Waals surface area contributed by atoms with Crippen molar-refractivity contribution >= 4 is 46.4 Å². The molecule has 0 N–H and O–H groups in total. The fraction of sp³-hybridized carbons (Fsp3) is 0.0769. The molecule has 6 heteroatoms. The highest BCUT2D eigenvalue weighted by Gasteiger charge is 2.29. The fourth-order valence-corrected chi connectivity index (χ4v) is 1.91. The molecule has 2 aromatic rings. The third-order valence-electron chi connectivity index (χ3n) is 2.10. The lowest BCUT2D eigenvalue weighted by Crippen LogP contribution is -2.29. The minimum absolute atomic E-state index is 0.434. The third kappa shape index (κ3) is 4.66. The zero-order valence-corrected chi connectivity index (χ0v) is 12.5. The summed E-state index contributed by atoms with van der Waals surface area (Å²) in [6.45, 7) is 0. The average Bonchev–Trinajstić information content (AvgIpc) is 2.34. The molecule has 2 aromatic carbocycles. The molecule has 2 rings (SSSR count). The van der Waals surface area contributed by atoms with Crippen molar-refractivity contribution in [1.82, 2.24) is 0 Å². The summed E-state index contributed by atoms with van der Waals surface area (Å²) in [6, 6.07) is 13.2. The van der Waals surface area contributed by atoms with Crippen molar-refractivity contribution < 1.29 is 9.47 Å². The first-order valence-electron chi connectivity index (χ1n) is 5.22. The van der Waals surface area contributed by atoms with Crippen molar-refractivity contribution in [1.29, 1.82) is 0 Å². The molecular formula is C13H8Cl4O2. The van der Waals surface area contributed by atoms with Gasteiger partial charge in [-0.05, 0) is 71.7 Å². The Kier molecular flexibility index (Phi) is 4.69. The number of hydrogen-bond donors (Lipinski definition) is 0. The number of hydrogen-bond acceptors (Lipinski definition) is 2. The highest BCUT2D eigenvalue weighted by Crippen LogP contribution is 2.30. The maximum atomic E-state index is 5.94. The molecule has 0 bridgehead atoms. The average molecular weight is 338 g/mol. The van der Waals surface area contributed by atoms with E-state index in [0.717, 1.165) is 0 Å². The molecule has 0 aliphatic carbocycles. The van der Waals surface area contributed by atoms with Gasteiger partial charge in [0.15, 0.2) is 0 Å². The molecule has 2 nitrogen and oxygen atoms in total. The van der Waals surface area contributed by atoms with Crippen LogP contribution in [0.3, 0.4) is 0 Å². The van der Waals surface area contributed by atoms with Gasteiger partial charge in [0.05, 0.1) is 0 Å². The van der Waals surface area contributed by atoms with Gasteiger partial charge in [0, 0.05) is 10.0 Å². The molecule has 0 heterocycles. The minimum atomic E-state index is -1.85. The molecule has 0 aliphatic rings.